The number of nitrogens with two attached hydrogens (primary N) is 2. The molecule has 0 spiro atoms. The highest BCUT2D eigenvalue weighted by atomic mass is 32.1. The van der Waals surface area contributed by atoms with Crippen LogP contribution in [0.3, 0.4) is 0 Å². The standard InChI is InChI=1S/C15H19N3O2S/c1-8-4-2-3-5-9(8)20-10-6-7-18-15-11(10)12(16)13(21-15)14(17)19/h6-9H,2-5,16H2,1H3,(H2,17,19)/t8-,9-/m0/s1. The zero-order valence-corrected chi connectivity index (χ0v) is 12.8. The highest BCUT2D eigenvalue weighted by Crippen LogP contribution is 2.39. The molecule has 2 heterocycles. The Kier molecular flexibility index (Phi) is 3.71. The van der Waals surface area contributed by atoms with Gasteiger partial charge in [-0.25, -0.2) is 4.98 Å². The smallest absolute Gasteiger partial charge is 0.260 e. The van der Waals surface area contributed by atoms with Crippen LogP contribution in [0.25, 0.3) is 10.2 Å². The van der Waals surface area contributed by atoms with Crippen molar-refractivity contribution >= 4 is 33.1 Å². The van der Waals surface area contributed by atoms with Crippen molar-refractivity contribution < 1.29 is 9.53 Å². The predicted molar refractivity (Wildman–Crippen MR) is 84.6 cm³/mol. The van der Waals surface area contributed by atoms with E-state index >= 15 is 0 Å². The van der Waals surface area contributed by atoms with Gasteiger partial charge in [0, 0.05) is 6.20 Å². The summed E-state index contributed by atoms with van der Waals surface area (Å²) in [6.07, 6.45) is 6.57. The fraction of sp³-hybridized carbons (Fsp3) is 0.467. The molecule has 4 N–H and O–H groups in total. The van der Waals surface area contributed by atoms with E-state index in [1.165, 1.54) is 30.6 Å². The van der Waals surface area contributed by atoms with Crippen molar-refractivity contribution in [3.63, 3.8) is 0 Å². The summed E-state index contributed by atoms with van der Waals surface area (Å²) in [6.45, 7) is 2.22. The van der Waals surface area contributed by atoms with Gasteiger partial charge in [0.25, 0.3) is 5.91 Å². The number of aromatic nitrogens is 1. The van der Waals surface area contributed by atoms with Gasteiger partial charge in [-0.15, -0.1) is 11.3 Å². The second kappa shape index (κ2) is 5.52. The van der Waals surface area contributed by atoms with Crippen LogP contribution in [0.15, 0.2) is 12.3 Å². The number of primary amides is 1. The summed E-state index contributed by atoms with van der Waals surface area (Å²) in [4.78, 5) is 16.7. The van der Waals surface area contributed by atoms with Crippen LogP contribution in [-0.4, -0.2) is 17.0 Å². The summed E-state index contributed by atoms with van der Waals surface area (Å²) in [5.41, 5.74) is 11.8. The molecule has 0 aromatic carbocycles. The fourth-order valence-corrected chi connectivity index (χ4v) is 3.85. The van der Waals surface area contributed by atoms with Gasteiger partial charge in [0.15, 0.2) is 0 Å². The maximum atomic E-state index is 11.4. The minimum atomic E-state index is -0.521. The van der Waals surface area contributed by atoms with E-state index in [9.17, 15) is 4.79 Å². The molecule has 2 aromatic rings. The van der Waals surface area contributed by atoms with Gasteiger partial charge in [0.2, 0.25) is 0 Å². The van der Waals surface area contributed by atoms with E-state index in [2.05, 4.69) is 11.9 Å². The number of ether oxygens (including phenoxy) is 1. The summed E-state index contributed by atoms with van der Waals surface area (Å²) in [7, 11) is 0. The number of thiophene rings is 1. The number of fused-ring (bicyclic) bond motifs is 1. The molecular weight excluding hydrogens is 286 g/mol. The van der Waals surface area contributed by atoms with Crippen molar-refractivity contribution in [3.05, 3.63) is 17.1 Å². The van der Waals surface area contributed by atoms with E-state index in [0.717, 1.165) is 6.42 Å². The van der Waals surface area contributed by atoms with Crippen LogP contribution in [0.2, 0.25) is 0 Å². The first-order valence-corrected chi connectivity index (χ1v) is 8.03. The first-order valence-electron chi connectivity index (χ1n) is 7.21. The van der Waals surface area contributed by atoms with E-state index in [0.29, 0.717) is 32.4 Å². The van der Waals surface area contributed by atoms with E-state index in [-0.39, 0.29) is 6.10 Å². The number of amides is 1. The third-order valence-corrected chi connectivity index (χ3v) is 5.25. The molecule has 21 heavy (non-hydrogen) atoms. The van der Waals surface area contributed by atoms with Crippen LogP contribution >= 0.6 is 11.3 Å². The van der Waals surface area contributed by atoms with Crippen LogP contribution in [0, 0.1) is 5.92 Å². The summed E-state index contributed by atoms with van der Waals surface area (Å²) < 4.78 is 6.19. The first-order chi connectivity index (χ1) is 10.1. The molecule has 1 saturated carbocycles. The van der Waals surface area contributed by atoms with Crippen LogP contribution in [0.1, 0.15) is 42.3 Å². The molecule has 2 atom stereocenters. The Morgan fingerprint density at radius 3 is 2.90 bits per heavy atom. The van der Waals surface area contributed by atoms with Gasteiger partial charge in [-0.3, -0.25) is 4.79 Å². The van der Waals surface area contributed by atoms with Gasteiger partial charge >= 0.3 is 0 Å². The van der Waals surface area contributed by atoms with Crippen molar-refractivity contribution in [3.8, 4) is 5.75 Å². The summed E-state index contributed by atoms with van der Waals surface area (Å²) in [5.74, 6) is 0.713. The molecule has 0 radical (unpaired) electrons. The number of carbonyl (C=O) groups is 1. The lowest BCUT2D eigenvalue weighted by Crippen LogP contribution is -2.28. The van der Waals surface area contributed by atoms with Crippen LogP contribution < -0.4 is 16.2 Å². The Hall–Kier alpha value is -1.82. The molecule has 2 aromatic heterocycles. The number of nitrogen functional groups attached to an aromatic ring is 1. The molecular formula is C15H19N3O2S. The van der Waals surface area contributed by atoms with Gasteiger partial charge in [-0.05, 0) is 31.2 Å². The quantitative estimate of drug-likeness (QED) is 0.912. The fourth-order valence-electron chi connectivity index (χ4n) is 2.92. The molecule has 0 saturated heterocycles. The van der Waals surface area contributed by atoms with E-state index in [1.54, 1.807) is 6.20 Å². The second-order valence-electron chi connectivity index (χ2n) is 5.62. The molecule has 0 bridgehead atoms. The topological polar surface area (TPSA) is 91.2 Å². The molecule has 1 fully saturated rings. The number of hydrogen-bond acceptors (Lipinski definition) is 5. The SMILES string of the molecule is C[C@H]1CCCC[C@@H]1Oc1ccnc2sc(C(N)=O)c(N)c12. The Balaban J connectivity index is 2.00. The molecule has 3 rings (SSSR count). The molecule has 5 nitrogen and oxygen atoms in total. The third-order valence-electron chi connectivity index (χ3n) is 4.13. The van der Waals surface area contributed by atoms with Crippen molar-refractivity contribution in [2.24, 2.45) is 11.7 Å². The Morgan fingerprint density at radius 1 is 1.43 bits per heavy atom. The van der Waals surface area contributed by atoms with Gasteiger partial charge in [0.05, 0.1) is 11.1 Å². The van der Waals surface area contributed by atoms with Gasteiger partial charge in [0.1, 0.15) is 21.6 Å². The second-order valence-corrected chi connectivity index (χ2v) is 6.62. The lowest BCUT2D eigenvalue weighted by molar-refractivity contribution is 0.100. The minimum absolute atomic E-state index is 0.195. The van der Waals surface area contributed by atoms with Crippen molar-refractivity contribution in [2.75, 3.05) is 5.73 Å². The van der Waals surface area contributed by atoms with Crippen LogP contribution in [0.4, 0.5) is 5.69 Å². The lowest BCUT2D eigenvalue weighted by Gasteiger charge is -2.29. The zero-order chi connectivity index (χ0) is 15.0. The monoisotopic (exact) mass is 305 g/mol. The average Bonchev–Trinajstić information content (AvgIpc) is 2.80. The Bertz CT molecular complexity index is 683. The number of rotatable bonds is 3. The summed E-state index contributed by atoms with van der Waals surface area (Å²) >= 11 is 1.22. The maximum Gasteiger partial charge on any atom is 0.260 e. The molecule has 1 aliphatic rings. The summed E-state index contributed by atoms with van der Waals surface area (Å²) in [6, 6.07) is 1.82. The van der Waals surface area contributed by atoms with E-state index in [4.69, 9.17) is 16.2 Å². The number of nitrogens with zero attached hydrogens (tertiary/aromatic N) is 1. The van der Waals surface area contributed by atoms with E-state index in [1.807, 2.05) is 6.07 Å². The average molecular weight is 305 g/mol. The normalized spacial score (nSPS) is 22.3. The van der Waals surface area contributed by atoms with Crippen molar-refractivity contribution in [2.45, 2.75) is 38.7 Å². The minimum Gasteiger partial charge on any atom is -0.489 e. The van der Waals surface area contributed by atoms with Crippen molar-refractivity contribution in [1.82, 2.24) is 4.98 Å². The van der Waals surface area contributed by atoms with Gasteiger partial charge < -0.3 is 16.2 Å². The zero-order valence-electron chi connectivity index (χ0n) is 12.0. The highest BCUT2D eigenvalue weighted by molar-refractivity contribution is 7.21. The summed E-state index contributed by atoms with van der Waals surface area (Å²) in [5, 5.41) is 0.717. The molecule has 1 aliphatic carbocycles. The molecule has 0 aliphatic heterocycles. The lowest BCUT2D eigenvalue weighted by atomic mass is 9.88. The first kappa shape index (κ1) is 14.1. The molecule has 112 valence electrons. The van der Waals surface area contributed by atoms with Gasteiger partial charge in [-0.1, -0.05) is 13.3 Å². The van der Waals surface area contributed by atoms with Crippen molar-refractivity contribution in [1.29, 1.82) is 0 Å². The maximum absolute atomic E-state index is 11.4. The van der Waals surface area contributed by atoms with E-state index < -0.39 is 5.91 Å². The Labute approximate surface area is 127 Å². The number of carbonyl (C=O) groups excluding carboxylic acids is 1. The number of anilines is 1. The molecule has 1 amide bonds. The Morgan fingerprint density at radius 2 is 2.19 bits per heavy atom. The van der Waals surface area contributed by atoms with Crippen LogP contribution in [-0.2, 0) is 0 Å². The predicted octanol–water partition coefficient (Wildman–Crippen LogP) is 2.93. The van der Waals surface area contributed by atoms with Gasteiger partial charge in [-0.2, -0.15) is 0 Å². The highest BCUT2D eigenvalue weighted by Gasteiger charge is 2.25. The number of hydrogen-bond donors (Lipinski definition) is 2. The third kappa shape index (κ3) is 2.55. The molecule has 0 unspecified atom stereocenters. The molecule has 6 heteroatoms. The van der Waals surface area contributed by atoms with Crippen LogP contribution in [0.5, 0.6) is 5.75 Å². The largest absolute Gasteiger partial charge is 0.489 e. The number of pyridine rings is 1.